The number of nitrogens with zero attached hydrogens (tertiary/aromatic N) is 2. The summed E-state index contributed by atoms with van der Waals surface area (Å²) in [6.07, 6.45) is 0.681. The fourth-order valence-corrected chi connectivity index (χ4v) is 2.46. The van der Waals surface area contributed by atoms with Crippen LogP contribution in [0.25, 0.3) is 0 Å². The van der Waals surface area contributed by atoms with Gasteiger partial charge in [-0.05, 0) is 48.9 Å². The molecule has 0 bridgehead atoms. The van der Waals surface area contributed by atoms with E-state index < -0.39 is 12.0 Å². The van der Waals surface area contributed by atoms with E-state index in [0.29, 0.717) is 33.4 Å². The minimum Gasteiger partial charge on any atom is -0.481 e. The normalized spacial score (nSPS) is 13.3. The zero-order chi connectivity index (χ0) is 18.5. The number of hydrogen-bond acceptors (Lipinski definition) is 6. The summed E-state index contributed by atoms with van der Waals surface area (Å²) in [5.74, 6) is 1.09. The summed E-state index contributed by atoms with van der Waals surface area (Å²) in [4.78, 5) is 12.0. The van der Waals surface area contributed by atoms with Gasteiger partial charge in [-0.15, -0.1) is 0 Å². The van der Waals surface area contributed by atoms with E-state index in [1.165, 1.54) is 6.21 Å². The number of carbonyl (C=O) groups excluding carboxylic acids is 1. The van der Waals surface area contributed by atoms with Gasteiger partial charge in [0.2, 0.25) is 6.79 Å². The molecule has 0 aliphatic carbocycles. The van der Waals surface area contributed by atoms with Crippen LogP contribution in [-0.4, -0.2) is 25.0 Å². The third kappa shape index (κ3) is 4.05. The predicted octanol–water partition coefficient (Wildman–Crippen LogP) is 2.86. The molecule has 8 heteroatoms. The van der Waals surface area contributed by atoms with E-state index >= 15 is 0 Å². The second kappa shape index (κ2) is 7.76. The van der Waals surface area contributed by atoms with Gasteiger partial charge < -0.3 is 14.2 Å². The van der Waals surface area contributed by atoms with Crippen molar-refractivity contribution in [1.82, 2.24) is 5.43 Å². The zero-order valence-electron chi connectivity index (χ0n) is 13.7. The molecule has 132 valence electrons. The molecule has 1 aliphatic rings. The number of rotatable bonds is 5. The van der Waals surface area contributed by atoms with Gasteiger partial charge in [0.1, 0.15) is 5.75 Å². The summed E-state index contributed by atoms with van der Waals surface area (Å²) in [7, 11) is 0. The van der Waals surface area contributed by atoms with Crippen molar-refractivity contribution >= 4 is 23.7 Å². The molecule has 1 heterocycles. The Kier molecular flexibility index (Phi) is 5.25. The van der Waals surface area contributed by atoms with E-state index in [1.54, 1.807) is 43.3 Å². The van der Waals surface area contributed by atoms with Gasteiger partial charge in [-0.3, -0.25) is 4.79 Å². The number of halogens is 1. The highest BCUT2D eigenvalue weighted by Gasteiger charge is 2.18. The summed E-state index contributed by atoms with van der Waals surface area (Å²) in [6, 6.07) is 11.9. The molecule has 0 spiro atoms. The number of hydrogen-bond donors (Lipinski definition) is 1. The molecule has 0 saturated heterocycles. The van der Waals surface area contributed by atoms with Crippen LogP contribution in [0.1, 0.15) is 18.1 Å². The third-order valence-corrected chi connectivity index (χ3v) is 3.78. The molecule has 1 amide bonds. The van der Waals surface area contributed by atoms with Crippen molar-refractivity contribution in [3.05, 3.63) is 52.5 Å². The number of fused-ring (bicyclic) bond motifs is 1. The maximum absolute atomic E-state index is 12.0. The number of nitriles is 1. The monoisotopic (exact) mass is 371 g/mol. The van der Waals surface area contributed by atoms with E-state index in [4.69, 9.17) is 31.1 Å². The Morgan fingerprint density at radius 2 is 2.15 bits per heavy atom. The van der Waals surface area contributed by atoms with Crippen molar-refractivity contribution < 1.29 is 19.0 Å². The number of carbonyl (C=O) groups is 1. The van der Waals surface area contributed by atoms with Crippen LogP contribution in [0, 0.1) is 11.3 Å². The van der Waals surface area contributed by atoms with Crippen molar-refractivity contribution in [2.24, 2.45) is 5.10 Å². The van der Waals surface area contributed by atoms with Crippen LogP contribution in [-0.2, 0) is 4.79 Å². The van der Waals surface area contributed by atoms with Crippen molar-refractivity contribution in [2.75, 3.05) is 6.79 Å². The Morgan fingerprint density at radius 1 is 1.38 bits per heavy atom. The fraction of sp³-hybridized carbons (Fsp3) is 0.167. The van der Waals surface area contributed by atoms with Crippen LogP contribution in [0.5, 0.6) is 17.2 Å². The topological polar surface area (TPSA) is 92.9 Å². The van der Waals surface area contributed by atoms with Crippen LogP contribution in [0.3, 0.4) is 0 Å². The molecule has 0 unspecified atom stereocenters. The highest BCUT2D eigenvalue weighted by atomic mass is 35.5. The summed E-state index contributed by atoms with van der Waals surface area (Å²) in [5.41, 5.74) is 3.57. The first-order valence-corrected chi connectivity index (χ1v) is 8.03. The molecule has 7 nitrogen and oxygen atoms in total. The Hall–Kier alpha value is -3.24. The molecule has 2 aromatic carbocycles. The van der Waals surface area contributed by atoms with Crippen molar-refractivity contribution in [3.8, 4) is 23.3 Å². The first kappa shape index (κ1) is 17.6. The van der Waals surface area contributed by atoms with E-state index in [9.17, 15) is 4.79 Å². The van der Waals surface area contributed by atoms with E-state index in [-0.39, 0.29) is 6.79 Å². The largest absolute Gasteiger partial charge is 0.481 e. The number of nitrogens with one attached hydrogen (secondary N) is 1. The Bertz CT molecular complexity index is 891. The summed E-state index contributed by atoms with van der Waals surface area (Å²) < 4.78 is 16.0. The fourth-order valence-electron chi connectivity index (χ4n) is 2.19. The lowest BCUT2D eigenvalue weighted by molar-refractivity contribution is -0.127. The molecular formula is C18H14ClN3O4. The Morgan fingerprint density at radius 3 is 2.88 bits per heavy atom. The molecule has 1 atom stereocenters. The smallest absolute Gasteiger partial charge is 0.280 e. The summed E-state index contributed by atoms with van der Waals surface area (Å²) >= 11 is 6.08. The average molecular weight is 372 g/mol. The second-order valence-corrected chi connectivity index (χ2v) is 5.77. The average Bonchev–Trinajstić information content (AvgIpc) is 3.11. The molecule has 0 fully saturated rings. The zero-order valence-corrected chi connectivity index (χ0v) is 14.5. The van der Waals surface area contributed by atoms with Gasteiger partial charge >= 0.3 is 0 Å². The molecule has 3 rings (SSSR count). The SMILES string of the molecule is C[C@@H](Oc1ccc(C#N)cc1)C(=O)N/N=C\c1cc(Cl)c2c(c1)OCO2. The number of ether oxygens (including phenoxy) is 3. The molecule has 1 N–H and O–H groups in total. The molecule has 0 aromatic heterocycles. The second-order valence-electron chi connectivity index (χ2n) is 5.37. The van der Waals surface area contributed by atoms with Crippen molar-refractivity contribution in [2.45, 2.75) is 13.0 Å². The lowest BCUT2D eigenvalue weighted by Crippen LogP contribution is -2.33. The van der Waals surface area contributed by atoms with E-state index in [0.717, 1.165) is 0 Å². The minimum absolute atomic E-state index is 0.122. The molecular weight excluding hydrogens is 358 g/mol. The molecule has 0 radical (unpaired) electrons. The number of benzene rings is 2. The van der Waals surface area contributed by atoms with Gasteiger partial charge in [0.05, 0.1) is 22.9 Å². The van der Waals surface area contributed by atoms with Gasteiger partial charge in [-0.1, -0.05) is 11.6 Å². The van der Waals surface area contributed by atoms with Gasteiger partial charge in [0.25, 0.3) is 5.91 Å². The van der Waals surface area contributed by atoms with E-state index in [2.05, 4.69) is 10.5 Å². The molecule has 1 aliphatic heterocycles. The van der Waals surface area contributed by atoms with Crippen molar-refractivity contribution in [3.63, 3.8) is 0 Å². The predicted molar refractivity (Wildman–Crippen MR) is 94.6 cm³/mol. The summed E-state index contributed by atoms with van der Waals surface area (Å²) in [5, 5.41) is 13.1. The van der Waals surface area contributed by atoms with Gasteiger partial charge in [-0.25, -0.2) is 5.43 Å². The van der Waals surface area contributed by atoms with E-state index in [1.807, 2.05) is 6.07 Å². The highest BCUT2D eigenvalue weighted by Crippen LogP contribution is 2.39. The van der Waals surface area contributed by atoms with Crippen LogP contribution in [0.15, 0.2) is 41.5 Å². The Balaban J connectivity index is 1.57. The lowest BCUT2D eigenvalue weighted by Gasteiger charge is -2.12. The molecule has 0 saturated carbocycles. The van der Waals surface area contributed by atoms with Crippen LogP contribution < -0.4 is 19.6 Å². The lowest BCUT2D eigenvalue weighted by atomic mass is 10.2. The highest BCUT2D eigenvalue weighted by molar-refractivity contribution is 6.32. The number of amides is 1. The quantitative estimate of drug-likeness (QED) is 0.644. The van der Waals surface area contributed by atoms with Crippen molar-refractivity contribution in [1.29, 1.82) is 5.26 Å². The first-order valence-electron chi connectivity index (χ1n) is 7.65. The van der Waals surface area contributed by atoms with Crippen LogP contribution in [0.4, 0.5) is 0 Å². The van der Waals surface area contributed by atoms with Crippen LogP contribution in [0.2, 0.25) is 5.02 Å². The first-order chi connectivity index (χ1) is 12.6. The number of hydrazone groups is 1. The van der Waals surface area contributed by atoms with Gasteiger partial charge in [0.15, 0.2) is 17.6 Å². The third-order valence-electron chi connectivity index (χ3n) is 3.50. The standard InChI is InChI=1S/C18H14ClN3O4/c1-11(26-14-4-2-12(8-20)3-5-14)18(23)22-21-9-13-6-15(19)17-16(7-13)24-10-25-17/h2-7,9,11H,10H2,1H3,(H,22,23)/b21-9-/t11-/m1/s1. The molecule has 2 aromatic rings. The maximum atomic E-state index is 12.0. The Labute approximate surface area is 154 Å². The maximum Gasteiger partial charge on any atom is 0.280 e. The van der Waals surface area contributed by atoms with Gasteiger partial charge in [0, 0.05) is 0 Å². The van der Waals surface area contributed by atoms with Gasteiger partial charge in [-0.2, -0.15) is 10.4 Å². The minimum atomic E-state index is -0.763. The van der Waals surface area contributed by atoms with Crippen LogP contribution >= 0.6 is 11.6 Å². The molecule has 26 heavy (non-hydrogen) atoms. The summed E-state index contributed by atoms with van der Waals surface area (Å²) in [6.45, 7) is 1.72.